The smallest absolute Gasteiger partial charge is 0.252 e. The maximum atomic E-state index is 13.1. The fourth-order valence-electron chi connectivity index (χ4n) is 4.71. The molecule has 8 heteroatoms. The summed E-state index contributed by atoms with van der Waals surface area (Å²) < 4.78 is 27.8. The SMILES string of the molecule is Cc1nn(C)c2nc(-c3cccs3)cc(C(=O)NC34CC(C(F)F)(C3)C4)c12. The van der Waals surface area contributed by atoms with Gasteiger partial charge in [-0.3, -0.25) is 9.48 Å². The number of halogens is 2. The molecule has 0 aliphatic heterocycles. The van der Waals surface area contributed by atoms with Crippen molar-refractivity contribution < 1.29 is 13.6 Å². The van der Waals surface area contributed by atoms with Crippen LogP contribution in [0.2, 0.25) is 0 Å². The van der Waals surface area contributed by atoms with Gasteiger partial charge in [-0.25, -0.2) is 13.8 Å². The Morgan fingerprint density at radius 3 is 2.74 bits per heavy atom. The van der Waals surface area contributed by atoms with Crippen LogP contribution in [0.3, 0.4) is 0 Å². The number of thiophene rings is 1. The average Bonchev–Trinajstić information content (AvgIpc) is 3.17. The summed E-state index contributed by atoms with van der Waals surface area (Å²) in [7, 11) is 1.80. The van der Waals surface area contributed by atoms with Gasteiger partial charge in [0.25, 0.3) is 5.91 Å². The molecule has 3 aliphatic carbocycles. The molecule has 0 unspecified atom stereocenters. The van der Waals surface area contributed by atoms with Gasteiger partial charge in [-0.05, 0) is 43.7 Å². The number of alkyl halides is 2. The summed E-state index contributed by atoms with van der Waals surface area (Å²) in [6.45, 7) is 1.85. The lowest BCUT2D eigenvalue weighted by atomic mass is 9.39. The first-order chi connectivity index (χ1) is 12.8. The van der Waals surface area contributed by atoms with Gasteiger partial charge in [0.2, 0.25) is 6.43 Å². The Kier molecular flexibility index (Phi) is 3.32. The van der Waals surface area contributed by atoms with E-state index in [-0.39, 0.29) is 5.91 Å². The predicted octanol–water partition coefficient (Wildman–Crippen LogP) is 3.92. The van der Waals surface area contributed by atoms with Crippen LogP contribution in [0, 0.1) is 12.3 Å². The molecule has 27 heavy (non-hydrogen) atoms. The van der Waals surface area contributed by atoms with Crippen LogP contribution < -0.4 is 5.32 Å². The topological polar surface area (TPSA) is 59.8 Å². The number of carbonyl (C=O) groups excluding carboxylic acids is 1. The minimum Gasteiger partial charge on any atom is -0.347 e. The van der Waals surface area contributed by atoms with Gasteiger partial charge in [-0.1, -0.05) is 6.07 Å². The first-order valence-corrected chi connectivity index (χ1v) is 9.69. The number of nitrogens with zero attached hydrogens (tertiary/aromatic N) is 3. The van der Waals surface area contributed by atoms with Crippen molar-refractivity contribution in [2.45, 2.75) is 38.2 Å². The van der Waals surface area contributed by atoms with E-state index in [1.165, 1.54) is 0 Å². The van der Waals surface area contributed by atoms with E-state index in [4.69, 9.17) is 0 Å². The molecule has 0 aromatic carbocycles. The molecular formula is C19H18F2N4OS. The molecule has 3 saturated carbocycles. The fraction of sp³-hybridized carbons (Fsp3) is 0.421. The summed E-state index contributed by atoms with van der Waals surface area (Å²) in [5, 5.41) is 10.1. The largest absolute Gasteiger partial charge is 0.347 e. The number of hydrogen-bond acceptors (Lipinski definition) is 4. The number of fused-ring (bicyclic) bond motifs is 1. The Morgan fingerprint density at radius 1 is 1.37 bits per heavy atom. The zero-order valence-corrected chi connectivity index (χ0v) is 15.7. The van der Waals surface area contributed by atoms with E-state index in [0.717, 1.165) is 10.6 Å². The van der Waals surface area contributed by atoms with Crippen LogP contribution in [0.5, 0.6) is 0 Å². The van der Waals surface area contributed by atoms with Crippen LogP contribution in [-0.2, 0) is 7.05 Å². The molecule has 3 heterocycles. The zero-order chi connectivity index (χ0) is 19.0. The summed E-state index contributed by atoms with van der Waals surface area (Å²) in [5.74, 6) is -0.237. The van der Waals surface area contributed by atoms with Crippen LogP contribution in [0.1, 0.15) is 35.3 Å². The quantitative estimate of drug-likeness (QED) is 0.737. The highest BCUT2D eigenvalue weighted by molar-refractivity contribution is 7.13. The van der Waals surface area contributed by atoms with Crippen molar-refractivity contribution in [1.82, 2.24) is 20.1 Å². The standard InChI is InChI=1S/C19H18F2N4OS/c1-10-14-11(16(26)23-19-7-18(8-19,9-19)17(20)21)6-12(13-4-3-5-27-13)22-15(14)25(2)24-10/h3-6,17H,7-9H2,1-2H3,(H,23,26). The second kappa shape index (κ2) is 5.34. The van der Waals surface area contributed by atoms with Gasteiger partial charge in [0, 0.05) is 18.0 Å². The second-order valence-electron chi connectivity index (χ2n) is 7.87. The summed E-state index contributed by atoms with van der Waals surface area (Å²) in [5.41, 5.74) is 1.25. The maximum Gasteiger partial charge on any atom is 0.252 e. The molecule has 3 aliphatic rings. The average molecular weight is 388 g/mol. The molecule has 0 atom stereocenters. The molecule has 5 nitrogen and oxygen atoms in total. The third-order valence-corrected chi connectivity index (χ3v) is 6.79. The highest BCUT2D eigenvalue weighted by Gasteiger charge is 2.72. The molecule has 0 saturated heterocycles. The Labute approximate surface area is 158 Å². The number of pyridine rings is 1. The van der Waals surface area contributed by atoms with Crippen LogP contribution >= 0.6 is 11.3 Å². The van der Waals surface area contributed by atoms with E-state index in [2.05, 4.69) is 15.4 Å². The zero-order valence-electron chi connectivity index (χ0n) is 14.9. The van der Waals surface area contributed by atoms with Crippen LogP contribution in [0.15, 0.2) is 23.6 Å². The molecule has 0 spiro atoms. The lowest BCUT2D eigenvalue weighted by molar-refractivity contribution is -0.223. The van der Waals surface area contributed by atoms with E-state index < -0.39 is 17.4 Å². The number of hydrogen-bond donors (Lipinski definition) is 1. The van der Waals surface area contributed by atoms with Crippen molar-refractivity contribution in [3.63, 3.8) is 0 Å². The minimum absolute atomic E-state index is 0.237. The van der Waals surface area contributed by atoms with Gasteiger partial charge in [-0.15, -0.1) is 11.3 Å². The molecular weight excluding hydrogens is 370 g/mol. The molecule has 1 N–H and O–H groups in total. The first-order valence-electron chi connectivity index (χ1n) is 8.81. The third kappa shape index (κ3) is 2.29. The van der Waals surface area contributed by atoms with E-state index in [1.807, 2.05) is 24.4 Å². The van der Waals surface area contributed by atoms with Gasteiger partial charge in [0.1, 0.15) is 0 Å². The highest BCUT2D eigenvalue weighted by Crippen LogP contribution is 2.69. The molecule has 3 aromatic heterocycles. The van der Waals surface area contributed by atoms with Crippen molar-refractivity contribution in [3.05, 3.63) is 34.8 Å². The minimum atomic E-state index is -2.31. The Bertz CT molecular complexity index is 1050. The van der Waals surface area contributed by atoms with Crippen LogP contribution in [0.4, 0.5) is 8.78 Å². The van der Waals surface area contributed by atoms with Crippen molar-refractivity contribution in [3.8, 4) is 10.6 Å². The highest BCUT2D eigenvalue weighted by atomic mass is 32.1. The number of amides is 1. The second-order valence-corrected chi connectivity index (χ2v) is 8.82. The van der Waals surface area contributed by atoms with Crippen LogP contribution in [0.25, 0.3) is 21.6 Å². The third-order valence-electron chi connectivity index (χ3n) is 5.90. The maximum absolute atomic E-state index is 13.1. The summed E-state index contributed by atoms with van der Waals surface area (Å²) in [4.78, 5) is 18.7. The number of nitrogens with one attached hydrogen (secondary N) is 1. The molecule has 3 aromatic rings. The predicted molar refractivity (Wildman–Crippen MR) is 99.0 cm³/mol. The molecule has 2 bridgehead atoms. The van der Waals surface area contributed by atoms with Gasteiger partial charge < -0.3 is 5.32 Å². The molecule has 1 amide bonds. The van der Waals surface area contributed by atoms with E-state index in [9.17, 15) is 13.6 Å². The number of rotatable bonds is 4. The molecule has 0 radical (unpaired) electrons. The van der Waals surface area contributed by atoms with Gasteiger partial charge in [-0.2, -0.15) is 5.10 Å². The Morgan fingerprint density at radius 2 is 2.11 bits per heavy atom. The summed E-state index contributed by atoms with van der Waals surface area (Å²) >= 11 is 1.55. The van der Waals surface area contributed by atoms with E-state index in [1.54, 1.807) is 29.1 Å². The lowest BCUT2D eigenvalue weighted by Crippen LogP contribution is -2.76. The number of carbonyl (C=O) groups is 1. The lowest BCUT2D eigenvalue weighted by Gasteiger charge is -2.69. The Balaban J connectivity index is 1.53. The van der Waals surface area contributed by atoms with Crippen molar-refractivity contribution in [1.29, 1.82) is 0 Å². The number of aryl methyl sites for hydroxylation is 2. The molecule has 3 fully saturated rings. The van der Waals surface area contributed by atoms with Crippen molar-refractivity contribution in [2.24, 2.45) is 12.5 Å². The van der Waals surface area contributed by atoms with E-state index in [0.29, 0.717) is 41.6 Å². The monoisotopic (exact) mass is 388 g/mol. The fourth-order valence-corrected chi connectivity index (χ4v) is 5.40. The molecule has 140 valence electrons. The summed E-state index contributed by atoms with van der Waals surface area (Å²) in [6, 6.07) is 5.68. The van der Waals surface area contributed by atoms with E-state index >= 15 is 0 Å². The van der Waals surface area contributed by atoms with Gasteiger partial charge >= 0.3 is 0 Å². The van der Waals surface area contributed by atoms with Gasteiger partial charge in [0.15, 0.2) is 5.65 Å². The van der Waals surface area contributed by atoms with Crippen molar-refractivity contribution >= 4 is 28.3 Å². The first kappa shape index (κ1) is 16.8. The number of aromatic nitrogens is 3. The van der Waals surface area contributed by atoms with Crippen LogP contribution in [-0.4, -0.2) is 32.6 Å². The van der Waals surface area contributed by atoms with Crippen molar-refractivity contribution in [2.75, 3.05) is 0 Å². The van der Waals surface area contributed by atoms with Gasteiger partial charge in [0.05, 0.1) is 27.2 Å². The normalized spacial score (nSPS) is 26.1. The summed E-state index contributed by atoms with van der Waals surface area (Å²) in [6.07, 6.45) is -1.22. The molecule has 6 rings (SSSR count). The Hall–Kier alpha value is -2.35.